The molecular weight excluding hydrogens is 206 g/mol. The highest BCUT2D eigenvalue weighted by Gasteiger charge is 2.11. The van der Waals surface area contributed by atoms with Crippen LogP contribution in [0.25, 0.3) is 0 Å². The molecule has 5 heteroatoms. The van der Waals surface area contributed by atoms with Gasteiger partial charge in [0.25, 0.3) is 0 Å². The molecule has 0 aliphatic carbocycles. The van der Waals surface area contributed by atoms with Gasteiger partial charge in [-0.05, 0) is 19.1 Å². The number of carbonyl (C=O) groups excluding carboxylic acids is 1. The molecule has 0 atom stereocenters. The normalized spacial score (nSPS) is 10.0. The van der Waals surface area contributed by atoms with Gasteiger partial charge in [-0.3, -0.25) is 0 Å². The highest BCUT2D eigenvalue weighted by Crippen LogP contribution is 2.14. The molecule has 0 aromatic carbocycles. The van der Waals surface area contributed by atoms with Crippen LogP contribution in [0.2, 0.25) is 0 Å². The van der Waals surface area contributed by atoms with Gasteiger partial charge < -0.3 is 15.4 Å². The summed E-state index contributed by atoms with van der Waals surface area (Å²) in [5.74, 6) is 0.439. The number of anilines is 1. The van der Waals surface area contributed by atoms with Crippen LogP contribution in [0.5, 0.6) is 0 Å². The summed E-state index contributed by atoms with van der Waals surface area (Å²) in [6, 6.07) is 3.51. The van der Waals surface area contributed by atoms with Gasteiger partial charge in [-0.1, -0.05) is 0 Å². The first kappa shape index (κ1) is 12.4. The zero-order valence-corrected chi connectivity index (χ0v) is 9.86. The van der Waals surface area contributed by atoms with E-state index in [9.17, 15) is 4.79 Å². The Kier molecular flexibility index (Phi) is 4.25. The van der Waals surface area contributed by atoms with Crippen LogP contribution in [0.3, 0.4) is 0 Å². The molecule has 0 aliphatic heterocycles. The molecule has 0 bridgehead atoms. The number of esters is 1. The second-order valence-corrected chi connectivity index (χ2v) is 3.50. The Bertz CT molecular complexity index is 379. The Hall–Kier alpha value is -1.62. The number of likely N-dealkylation sites (N-methyl/N-ethyl adjacent to an activating group) is 1. The summed E-state index contributed by atoms with van der Waals surface area (Å²) in [5, 5.41) is 0. The minimum absolute atomic E-state index is 0.363. The molecule has 0 saturated heterocycles. The van der Waals surface area contributed by atoms with E-state index in [0.29, 0.717) is 17.8 Å². The van der Waals surface area contributed by atoms with E-state index in [2.05, 4.69) is 9.72 Å². The molecule has 16 heavy (non-hydrogen) atoms. The van der Waals surface area contributed by atoms with Crippen molar-refractivity contribution in [2.75, 3.05) is 32.1 Å². The van der Waals surface area contributed by atoms with Crippen LogP contribution in [0, 0.1) is 6.92 Å². The third-order valence-corrected chi connectivity index (χ3v) is 2.33. The van der Waals surface area contributed by atoms with Gasteiger partial charge in [-0.15, -0.1) is 0 Å². The predicted molar refractivity (Wildman–Crippen MR) is 62.6 cm³/mol. The summed E-state index contributed by atoms with van der Waals surface area (Å²) in [6.45, 7) is 3.08. The van der Waals surface area contributed by atoms with E-state index in [1.807, 2.05) is 11.9 Å². The van der Waals surface area contributed by atoms with Crippen LogP contribution in [0.1, 0.15) is 16.1 Å². The molecule has 2 N–H and O–H groups in total. The van der Waals surface area contributed by atoms with Gasteiger partial charge in [0.15, 0.2) is 0 Å². The maximum Gasteiger partial charge on any atom is 0.339 e. The molecule has 1 aromatic heterocycles. The molecule has 5 nitrogen and oxygen atoms in total. The summed E-state index contributed by atoms with van der Waals surface area (Å²) < 4.78 is 4.65. The van der Waals surface area contributed by atoms with Gasteiger partial charge in [0.1, 0.15) is 5.82 Å². The standard InChI is InChI=1S/C11H17N3O2/c1-8-9(11(15)16-3)4-5-10(13-8)14(2)7-6-12/h4-5H,6-7,12H2,1-3H3. The summed E-state index contributed by atoms with van der Waals surface area (Å²) in [5.41, 5.74) is 6.61. The largest absolute Gasteiger partial charge is 0.465 e. The Labute approximate surface area is 95.2 Å². The van der Waals surface area contributed by atoms with Crippen LogP contribution >= 0.6 is 0 Å². The fraction of sp³-hybridized carbons (Fsp3) is 0.455. The fourth-order valence-electron chi connectivity index (χ4n) is 1.39. The lowest BCUT2D eigenvalue weighted by Gasteiger charge is -2.17. The van der Waals surface area contributed by atoms with E-state index in [-0.39, 0.29) is 5.97 Å². The molecule has 0 fully saturated rings. The number of aromatic nitrogens is 1. The van der Waals surface area contributed by atoms with Crippen molar-refractivity contribution in [1.82, 2.24) is 4.98 Å². The number of hydrogen-bond donors (Lipinski definition) is 1. The number of methoxy groups -OCH3 is 1. The first-order chi connectivity index (χ1) is 7.60. The first-order valence-electron chi connectivity index (χ1n) is 5.07. The van der Waals surface area contributed by atoms with E-state index in [4.69, 9.17) is 5.73 Å². The maximum absolute atomic E-state index is 11.3. The van der Waals surface area contributed by atoms with E-state index < -0.39 is 0 Å². The maximum atomic E-state index is 11.3. The lowest BCUT2D eigenvalue weighted by molar-refractivity contribution is 0.0599. The van der Waals surface area contributed by atoms with Crippen molar-refractivity contribution in [1.29, 1.82) is 0 Å². The zero-order chi connectivity index (χ0) is 12.1. The monoisotopic (exact) mass is 223 g/mol. The van der Waals surface area contributed by atoms with Crippen molar-refractivity contribution in [2.45, 2.75) is 6.92 Å². The van der Waals surface area contributed by atoms with E-state index in [1.54, 1.807) is 19.1 Å². The van der Waals surface area contributed by atoms with Crippen LogP contribution < -0.4 is 10.6 Å². The van der Waals surface area contributed by atoms with Crippen LogP contribution in [0.4, 0.5) is 5.82 Å². The molecule has 0 aliphatic rings. The molecular formula is C11H17N3O2. The fourth-order valence-corrected chi connectivity index (χ4v) is 1.39. The van der Waals surface area contributed by atoms with Gasteiger partial charge >= 0.3 is 5.97 Å². The molecule has 1 aromatic rings. The van der Waals surface area contributed by atoms with Crippen molar-refractivity contribution in [2.24, 2.45) is 5.73 Å². The number of hydrogen-bond acceptors (Lipinski definition) is 5. The summed E-state index contributed by atoms with van der Waals surface area (Å²) in [6.07, 6.45) is 0. The van der Waals surface area contributed by atoms with Crippen LogP contribution in [-0.4, -0.2) is 38.2 Å². The number of pyridine rings is 1. The van der Waals surface area contributed by atoms with Crippen LogP contribution in [0.15, 0.2) is 12.1 Å². The average molecular weight is 223 g/mol. The first-order valence-corrected chi connectivity index (χ1v) is 5.07. The Morgan fingerprint density at radius 1 is 1.56 bits per heavy atom. The Morgan fingerprint density at radius 3 is 2.75 bits per heavy atom. The predicted octanol–water partition coefficient (Wildman–Crippen LogP) is 0.572. The van der Waals surface area contributed by atoms with E-state index in [1.165, 1.54) is 7.11 Å². The number of aryl methyl sites for hydroxylation is 1. The second-order valence-electron chi connectivity index (χ2n) is 3.50. The van der Waals surface area contributed by atoms with Crippen molar-refractivity contribution >= 4 is 11.8 Å². The van der Waals surface area contributed by atoms with Gasteiger partial charge in [-0.25, -0.2) is 9.78 Å². The summed E-state index contributed by atoms with van der Waals surface area (Å²) in [7, 11) is 3.27. The number of ether oxygens (including phenoxy) is 1. The van der Waals surface area contributed by atoms with Crippen molar-refractivity contribution in [3.05, 3.63) is 23.4 Å². The third-order valence-electron chi connectivity index (χ3n) is 2.33. The quantitative estimate of drug-likeness (QED) is 0.756. The Morgan fingerprint density at radius 2 is 2.25 bits per heavy atom. The van der Waals surface area contributed by atoms with E-state index >= 15 is 0 Å². The van der Waals surface area contributed by atoms with Crippen LogP contribution in [-0.2, 0) is 4.74 Å². The SMILES string of the molecule is COC(=O)c1ccc(N(C)CCN)nc1C. The minimum Gasteiger partial charge on any atom is -0.465 e. The third kappa shape index (κ3) is 2.70. The van der Waals surface area contributed by atoms with Gasteiger partial charge in [0, 0.05) is 20.1 Å². The lowest BCUT2D eigenvalue weighted by atomic mass is 10.2. The highest BCUT2D eigenvalue weighted by molar-refractivity contribution is 5.90. The molecule has 0 saturated carbocycles. The molecule has 0 unspecified atom stereocenters. The van der Waals surface area contributed by atoms with Crippen molar-refractivity contribution in [3.63, 3.8) is 0 Å². The van der Waals surface area contributed by atoms with Crippen molar-refractivity contribution in [3.8, 4) is 0 Å². The highest BCUT2D eigenvalue weighted by atomic mass is 16.5. The number of carbonyl (C=O) groups is 1. The minimum atomic E-state index is -0.363. The summed E-state index contributed by atoms with van der Waals surface area (Å²) >= 11 is 0. The zero-order valence-electron chi connectivity index (χ0n) is 9.86. The topological polar surface area (TPSA) is 68.5 Å². The van der Waals surface area contributed by atoms with Gasteiger partial charge in [0.2, 0.25) is 0 Å². The number of nitrogens with two attached hydrogens (primary N) is 1. The van der Waals surface area contributed by atoms with Gasteiger partial charge in [0.05, 0.1) is 18.4 Å². The molecule has 88 valence electrons. The molecule has 0 spiro atoms. The van der Waals surface area contributed by atoms with E-state index in [0.717, 1.165) is 12.4 Å². The number of nitrogens with zero attached hydrogens (tertiary/aromatic N) is 2. The average Bonchev–Trinajstić information content (AvgIpc) is 2.28. The second kappa shape index (κ2) is 5.46. The molecule has 0 amide bonds. The molecule has 0 radical (unpaired) electrons. The van der Waals surface area contributed by atoms with Crippen molar-refractivity contribution < 1.29 is 9.53 Å². The molecule has 1 heterocycles. The lowest BCUT2D eigenvalue weighted by Crippen LogP contribution is -2.26. The number of rotatable bonds is 4. The Balaban J connectivity index is 2.94. The molecule has 1 rings (SSSR count). The van der Waals surface area contributed by atoms with Gasteiger partial charge in [-0.2, -0.15) is 0 Å². The smallest absolute Gasteiger partial charge is 0.339 e. The summed E-state index contributed by atoms with van der Waals surface area (Å²) in [4.78, 5) is 17.6.